The summed E-state index contributed by atoms with van der Waals surface area (Å²) in [6.07, 6.45) is 6.08. The van der Waals surface area contributed by atoms with Crippen molar-refractivity contribution in [3.63, 3.8) is 0 Å². The predicted octanol–water partition coefficient (Wildman–Crippen LogP) is 0.845. The number of carbonyl (C=O) groups excluding carboxylic acids is 1. The fourth-order valence-electron chi connectivity index (χ4n) is 2.43. The van der Waals surface area contributed by atoms with Crippen LogP contribution < -0.4 is 10.6 Å². The first-order chi connectivity index (χ1) is 8.24. The Balaban J connectivity index is 0.000000902. The van der Waals surface area contributed by atoms with E-state index in [0.717, 1.165) is 31.6 Å². The second-order valence-corrected chi connectivity index (χ2v) is 5.12. The number of imidazole rings is 1. The number of nitrogens with one attached hydrogen (secondary N) is 2. The first-order valence-corrected chi connectivity index (χ1v) is 6.23. The topological polar surface area (TPSA) is 59.0 Å². The molecule has 0 unspecified atom stereocenters. The standard InChI is InChI=1S/C12H18N4O.2ClH/c1-16-6-11(14-7-16)9-4-13-5-10(9)12(17)15-8-2-3-8;;/h6-10,13H,2-5H2,1H3,(H,15,17);2*1H/t9-,10-;;/m1../s1. The molecule has 1 aromatic heterocycles. The van der Waals surface area contributed by atoms with Gasteiger partial charge in [0.25, 0.3) is 0 Å². The van der Waals surface area contributed by atoms with Gasteiger partial charge in [0, 0.05) is 38.3 Å². The molecule has 2 atom stereocenters. The summed E-state index contributed by atoms with van der Waals surface area (Å²) in [5, 5.41) is 6.38. The number of halogens is 2. The Morgan fingerprint density at radius 1 is 1.42 bits per heavy atom. The summed E-state index contributed by atoms with van der Waals surface area (Å²) < 4.78 is 1.93. The minimum absolute atomic E-state index is 0. The Hall–Kier alpha value is -0.780. The zero-order valence-electron chi connectivity index (χ0n) is 10.8. The van der Waals surface area contributed by atoms with Gasteiger partial charge in [-0.3, -0.25) is 4.79 Å². The predicted molar refractivity (Wildman–Crippen MR) is 78.0 cm³/mol. The molecule has 5 nitrogen and oxygen atoms in total. The van der Waals surface area contributed by atoms with Gasteiger partial charge < -0.3 is 15.2 Å². The summed E-state index contributed by atoms with van der Waals surface area (Å²) in [5.41, 5.74) is 1.02. The Bertz CT molecular complexity index is 433. The molecule has 0 aromatic carbocycles. The Labute approximate surface area is 125 Å². The number of amides is 1. The van der Waals surface area contributed by atoms with Gasteiger partial charge in [0.1, 0.15) is 0 Å². The van der Waals surface area contributed by atoms with Crippen LogP contribution in [0.4, 0.5) is 0 Å². The van der Waals surface area contributed by atoms with Crippen molar-refractivity contribution in [2.45, 2.75) is 24.8 Å². The largest absolute Gasteiger partial charge is 0.353 e. The highest BCUT2D eigenvalue weighted by molar-refractivity contribution is 5.85. The van der Waals surface area contributed by atoms with E-state index < -0.39 is 0 Å². The van der Waals surface area contributed by atoms with Crippen molar-refractivity contribution < 1.29 is 4.79 Å². The lowest BCUT2D eigenvalue weighted by Crippen LogP contribution is -2.35. The highest BCUT2D eigenvalue weighted by Crippen LogP contribution is 2.28. The molecule has 1 saturated carbocycles. The first-order valence-electron chi connectivity index (χ1n) is 6.23. The molecule has 2 heterocycles. The Morgan fingerprint density at radius 3 is 2.74 bits per heavy atom. The van der Waals surface area contributed by atoms with Crippen molar-refractivity contribution in [3.05, 3.63) is 18.2 Å². The van der Waals surface area contributed by atoms with Crippen LogP contribution in [0.3, 0.4) is 0 Å². The van der Waals surface area contributed by atoms with Crippen molar-refractivity contribution in [3.8, 4) is 0 Å². The monoisotopic (exact) mass is 306 g/mol. The van der Waals surface area contributed by atoms with Crippen LogP contribution in [-0.2, 0) is 11.8 Å². The molecule has 19 heavy (non-hydrogen) atoms. The van der Waals surface area contributed by atoms with E-state index in [0.29, 0.717) is 6.04 Å². The van der Waals surface area contributed by atoms with Crippen molar-refractivity contribution in [1.82, 2.24) is 20.2 Å². The number of hydrogen-bond acceptors (Lipinski definition) is 3. The molecule has 1 aliphatic heterocycles. The van der Waals surface area contributed by atoms with Gasteiger partial charge in [-0.1, -0.05) is 0 Å². The van der Waals surface area contributed by atoms with E-state index in [4.69, 9.17) is 0 Å². The normalized spacial score (nSPS) is 25.3. The second-order valence-electron chi connectivity index (χ2n) is 5.12. The summed E-state index contributed by atoms with van der Waals surface area (Å²) >= 11 is 0. The molecule has 0 spiro atoms. The molecule has 1 aliphatic carbocycles. The molecule has 1 aromatic rings. The highest BCUT2D eigenvalue weighted by Gasteiger charge is 2.37. The number of aryl methyl sites for hydroxylation is 1. The minimum atomic E-state index is 0. The summed E-state index contributed by atoms with van der Waals surface area (Å²) in [4.78, 5) is 16.5. The molecule has 0 bridgehead atoms. The molecule has 2 N–H and O–H groups in total. The zero-order chi connectivity index (χ0) is 11.8. The van der Waals surface area contributed by atoms with Crippen LogP contribution in [0.2, 0.25) is 0 Å². The van der Waals surface area contributed by atoms with E-state index in [-0.39, 0.29) is 42.6 Å². The number of carbonyl (C=O) groups is 1. The van der Waals surface area contributed by atoms with Gasteiger partial charge in [0.2, 0.25) is 5.91 Å². The average Bonchev–Trinajstić information content (AvgIpc) is 2.81. The SMILES string of the molecule is Cl.Cl.Cn1cnc([C@@H]2CNC[C@H]2C(=O)NC2CC2)c1. The molecular formula is C12H20Cl2N4O. The maximum absolute atomic E-state index is 12.1. The van der Waals surface area contributed by atoms with Crippen LogP contribution in [0, 0.1) is 5.92 Å². The molecule has 0 radical (unpaired) electrons. The summed E-state index contributed by atoms with van der Waals surface area (Å²) in [6.45, 7) is 1.61. The lowest BCUT2D eigenvalue weighted by Gasteiger charge is -2.16. The third-order valence-corrected chi connectivity index (χ3v) is 3.58. The van der Waals surface area contributed by atoms with E-state index in [1.165, 1.54) is 0 Å². The van der Waals surface area contributed by atoms with Crippen molar-refractivity contribution in [1.29, 1.82) is 0 Å². The maximum Gasteiger partial charge on any atom is 0.225 e. The number of rotatable bonds is 3. The summed E-state index contributed by atoms with van der Waals surface area (Å²) in [5.74, 6) is 0.439. The molecule has 7 heteroatoms. The van der Waals surface area contributed by atoms with Crippen molar-refractivity contribution in [2.75, 3.05) is 13.1 Å². The molecule has 1 amide bonds. The smallest absolute Gasteiger partial charge is 0.225 e. The molecular weight excluding hydrogens is 287 g/mol. The van der Waals surface area contributed by atoms with Gasteiger partial charge in [0.05, 0.1) is 17.9 Å². The van der Waals surface area contributed by atoms with Crippen LogP contribution in [0.1, 0.15) is 24.5 Å². The third-order valence-electron chi connectivity index (χ3n) is 3.58. The second kappa shape index (κ2) is 6.59. The van der Waals surface area contributed by atoms with E-state index in [9.17, 15) is 4.79 Å². The van der Waals surface area contributed by atoms with Gasteiger partial charge in [-0.2, -0.15) is 0 Å². The van der Waals surface area contributed by atoms with E-state index in [2.05, 4.69) is 15.6 Å². The number of aromatic nitrogens is 2. The van der Waals surface area contributed by atoms with Crippen molar-refractivity contribution in [2.24, 2.45) is 13.0 Å². The average molecular weight is 307 g/mol. The fourth-order valence-corrected chi connectivity index (χ4v) is 2.43. The first kappa shape index (κ1) is 16.3. The van der Waals surface area contributed by atoms with Gasteiger partial charge >= 0.3 is 0 Å². The quantitative estimate of drug-likeness (QED) is 0.870. The van der Waals surface area contributed by atoms with Crippen LogP contribution in [0.5, 0.6) is 0 Å². The van der Waals surface area contributed by atoms with E-state index >= 15 is 0 Å². The molecule has 2 aliphatic rings. The Morgan fingerprint density at radius 2 is 2.16 bits per heavy atom. The van der Waals surface area contributed by atoms with Crippen LogP contribution in [0.25, 0.3) is 0 Å². The fraction of sp³-hybridized carbons (Fsp3) is 0.667. The maximum atomic E-state index is 12.1. The summed E-state index contributed by atoms with van der Waals surface area (Å²) in [6, 6.07) is 0.437. The number of hydrogen-bond donors (Lipinski definition) is 2. The third kappa shape index (κ3) is 3.61. The number of nitrogens with zero attached hydrogens (tertiary/aromatic N) is 2. The van der Waals surface area contributed by atoms with Gasteiger partial charge in [-0.05, 0) is 12.8 Å². The van der Waals surface area contributed by atoms with Crippen LogP contribution in [0.15, 0.2) is 12.5 Å². The summed E-state index contributed by atoms with van der Waals surface area (Å²) in [7, 11) is 1.96. The van der Waals surface area contributed by atoms with Crippen LogP contribution >= 0.6 is 24.8 Å². The van der Waals surface area contributed by atoms with Crippen LogP contribution in [-0.4, -0.2) is 34.6 Å². The zero-order valence-corrected chi connectivity index (χ0v) is 12.5. The minimum Gasteiger partial charge on any atom is -0.353 e. The van der Waals surface area contributed by atoms with Crippen molar-refractivity contribution >= 4 is 30.7 Å². The van der Waals surface area contributed by atoms with Gasteiger partial charge in [0.15, 0.2) is 0 Å². The molecule has 108 valence electrons. The highest BCUT2D eigenvalue weighted by atomic mass is 35.5. The molecule has 1 saturated heterocycles. The Kier molecular flexibility index (Phi) is 5.64. The lowest BCUT2D eigenvalue weighted by molar-refractivity contribution is -0.125. The van der Waals surface area contributed by atoms with Gasteiger partial charge in [-0.15, -0.1) is 24.8 Å². The van der Waals surface area contributed by atoms with E-state index in [1.54, 1.807) is 6.33 Å². The molecule has 2 fully saturated rings. The lowest BCUT2D eigenvalue weighted by atomic mass is 9.92. The van der Waals surface area contributed by atoms with E-state index in [1.807, 2.05) is 17.8 Å². The molecule has 3 rings (SSSR count). The van der Waals surface area contributed by atoms with Gasteiger partial charge in [-0.25, -0.2) is 4.98 Å².